The first-order valence-corrected chi connectivity index (χ1v) is 13.4. The normalized spacial score (nSPS) is 20.9. The highest BCUT2D eigenvalue weighted by molar-refractivity contribution is 7.92. The molecule has 0 spiro atoms. The van der Waals surface area contributed by atoms with Gasteiger partial charge in [-0.15, -0.1) is 0 Å². The van der Waals surface area contributed by atoms with Gasteiger partial charge in [0.2, 0.25) is 0 Å². The standard InChI is InChI=1S/C26H24Cl2N2O3S/c1-2-33-24-12-4-3-11-23(24)30-34(31,32)16-13-14-22-19(15-16)17-7-5-8-18(17)26(29-22)25-20(27)9-6-10-21(25)28/h3-7,9-15,17-18,26,29-30H,2,8H2,1H3/t17-,18+,26-/m0/s1. The Kier molecular flexibility index (Phi) is 6.23. The van der Waals surface area contributed by atoms with Crippen molar-refractivity contribution in [2.24, 2.45) is 5.92 Å². The summed E-state index contributed by atoms with van der Waals surface area (Å²) in [4.78, 5) is 0.202. The smallest absolute Gasteiger partial charge is 0.262 e. The molecule has 5 rings (SSSR count). The summed E-state index contributed by atoms with van der Waals surface area (Å²) in [5, 5.41) is 4.82. The number of hydrogen-bond acceptors (Lipinski definition) is 4. The Labute approximate surface area is 209 Å². The number of nitrogens with one attached hydrogen (secondary N) is 2. The van der Waals surface area contributed by atoms with Crippen molar-refractivity contribution in [3.8, 4) is 5.75 Å². The van der Waals surface area contributed by atoms with Gasteiger partial charge in [-0.1, -0.05) is 53.6 Å². The summed E-state index contributed by atoms with van der Waals surface area (Å²) >= 11 is 13.1. The van der Waals surface area contributed by atoms with Gasteiger partial charge in [0.15, 0.2) is 0 Å². The molecule has 8 heteroatoms. The van der Waals surface area contributed by atoms with Gasteiger partial charge < -0.3 is 10.1 Å². The lowest BCUT2D eigenvalue weighted by atomic mass is 9.77. The topological polar surface area (TPSA) is 67.4 Å². The second kappa shape index (κ2) is 9.17. The summed E-state index contributed by atoms with van der Waals surface area (Å²) in [7, 11) is -3.82. The van der Waals surface area contributed by atoms with E-state index in [9.17, 15) is 8.42 Å². The number of anilines is 2. The maximum Gasteiger partial charge on any atom is 0.262 e. The minimum atomic E-state index is -3.82. The number of benzene rings is 3. The van der Waals surface area contributed by atoms with Gasteiger partial charge in [-0.25, -0.2) is 8.42 Å². The predicted molar refractivity (Wildman–Crippen MR) is 138 cm³/mol. The Morgan fingerprint density at radius 1 is 1.06 bits per heavy atom. The van der Waals surface area contributed by atoms with Crippen LogP contribution in [0.1, 0.15) is 36.4 Å². The van der Waals surface area contributed by atoms with E-state index < -0.39 is 10.0 Å². The summed E-state index contributed by atoms with van der Waals surface area (Å²) in [6.07, 6.45) is 5.14. The van der Waals surface area contributed by atoms with E-state index in [1.807, 2.05) is 37.3 Å². The zero-order valence-electron chi connectivity index (χ0n) is 18.5. The molecule has 0 radical (unpaired) electrons. The van der Waals surface area contributed by atoms with Gasteiger partial charge in [0.25, 0.3) is 10.0 Å². The number of allylic oxidation sites excluding steroid dienone is 2. The second-order valence-corrected chi connectivity index (χ2v) is 10.9. The molecular formula is C26H24Cl2N2O3S. The maximum atomic E-state index is 13.3. The minimum absolute atomic E-state index is 0.0550. The van der Waals surface area contributed by atoms with E-state index in [4.69, 9.17) is 27.9 Å². The molecule has 3 aromatic rings. The molecule has 3 aromatic carbocycles. The van der Waals surface area contributed by atoms with Crippen LogP contribution >= 0.6 is 23.2 Å². The van der Waals surface area contributed by atoms with Crippen molar-refractivity contribution < 1.29 is 13.2 Å². The van der Waals surface area contributed by atoms with E-state index in [0.29, 0.717) is 28.1 Å². The third-order valence-electron chi connectivity index (χ3n) is 6.39. The van der Waals surface area contributed by atoms with Crippen LogP contribution < -0.4 is 14.8 Å². The van der Waals surface area contributed by atoms with Crippen molar-refractivity contribution in [1.29, 1.82) is 0 Å². The quantitative estimate of drug-likeness (QED) is 0.346. The van der Waals surface area contributed by atoms with Crippen molar-refractivity contribution in [2.75, 3.05) is 16.6 Å². The summed E-state index contributed by atoms with van der Waals surface area (Å²) in [5.74, 6) is 0.723. The summed E-state index contributed by atoms with van der Waals surface area (Å²) in [5.41, 5.74) is 3.11. The molecule has 1 heterocycles. The average molecular weight is 515 g/mol. The number of ether oxygens (including phenoxy) is 1. The summed E-state index contributed by atoms with van der Waals surface area (Å²) in [6, 6.07) is 17.6. The van der Waals surface area contributed by atoms with Gasteiger partial charge in [0, 0.05) is 27.2 Å². The predicted octanol–water partition coefficient (Wildman–Crippen LogP) is 7.02. The van der Waals surface area contributed by atoms with Gasteiger partial charge >= 0.3 is 0 Å². The van der Waals surface area contributed by atoms with Crippen LogP contribution in [-0.2, 0) is 10.0 Å². The van der Waals surface area contributed by atoms with Gasteiger partial charge in [0.1, 0.15) is 5.75 Å². The lowest BCUT2D eigenvalue weighted by molar-refractivity contribution is 0.342. The molecule has 176 valence electrons. The fourth-order valence-electron chi connectivity index (χ4n) is 4.87. The number of para-hydroxylation sites is 2. The molecule has 3 atom stereocenters. The molecular weight excluding hydrogens is 491 g/mol. The molecule has 34 heavy (non-hydrogen) atoms. The van der Waals surface area contributed by atoms with Crippen molar-refractivity contribution in [1.82, 2.24) is 0 Å². The zero-order chi connectivity index (χ0) is 23.9. The van der Waals surface area contributed by atoms with Gasteiger partial charge in [0.05, 0.1) is 23.2 Å². The average Bonchev–Trinajstić information content (AvgIpc) is 3.30. The molecule has 1 aliphatic carbocycles. The Hall–Kier alpha value is -2.67. The number of fused-ring (bicyclic) bond motifs is 3. The third kappa shape index (κ3) is 4.15. The molecule has 0 bridgehead atoms. The number of halogens is 2. The molecule has 2 aliphatic rings. The van der Waals surface area contributed by atoms with Gasteiger partial charge in [-0.2, -0.15) is 0 Å². The van der Waals surface area contributed by atoms with Crippen LogP contribution in [0.3, 0.4) is 0 Å². The van der Waals surface area contributed by atoms with Crippen molar-refractivity contribution in [2.45, 2.75) is 30.2 Å². The molecule has 0 amide bonds. The fourth-order valence-corrected chi connectivity index (χ4v) is 6.61. The van der Waals surface area contributed by atoms with Crippen LogP contribution in [-0.4, -0.2) is 15.0 Å². The van der Waals surface area contributed by atoms with E-state index in [1.54, 1.807) is 30.3 Å². The highest BCUT2D eigenvalue weighted by Crippen LogP contribution is 2.52. The molecule has 0 saturated heterocycles. The number of rotatable bonds is 6. The van der Waals surface area contributed by atoms with Gasteiger partial charge in [-0.3, -0.25) is 4.72 Å². The molecule has 5 nitrogen and oxygen atoms in total. The number of sulfonamides is 1. The highest BCUT2D eigenvalue weighted by atomic mass is 35.5. The largest absolute Gasteiger partial charge is 0.492 e. The van der Waals surface area contributed by atoms with Crippen LogP contribution in [0.4, 0.5) is 11.4 Å². The molecule has 2 N–H and O–H groups in total. The molecule has 0 fully saturated rings. The van der Waals surface area contributed by atoms with E-state index in [1.165, 1.54) is 0 Å². The minimum Gasteiger partial charge on any atom is -0.492 e. The monoisotopic (exact) mass is 514 g/mol. The van der Waals surface area contributed by atoms with E-state index in [2.05, 4.69) is 22.2 Å². The zero-order valence-corrected chi connectivity index (χ0v) is 20.8. The van der Waals surface area contributed by atoms with E-state index >= 15 is 0 Å². The Balaban J connectivity index is 1.50. The summed E-state index contributed by atoms with van der Waals surface area (Å²) in [6.45, 7) is 2.30. The lowest BCUT2D eigenvalue weighted by Crippen LogP contribution is -2.29. The second-order valence-electron chi connectivity index (χ2n) is 8.39. The number of hydrogen-bond donors (Lipinski definition) is 2. The first kappa shape index (κ1) is 23.1. The highest BCUT2D eigenvalue weighted by Gasteiger charge is 2.40. The Morgan fingerprint density at radius 3 is 2.59 bits per heavy atom. The first-order valence-electron chi connectivity index (χ1n) is 11.1. The maximum absolute atomic E-state index is 13.3. The van der Waals surface area contributed by atoms with Crippen molar-refractivity contribution in [3.05, 3.63) is 94.0 Å². The lowest BCUT2D eigenvalue weighted by Gasteiger charge is -2.38. The third-order valence-corrected chi connectivity index (χ3v) is 8.41. The van der Waals surface area contributed by atoms with Crippen LogP contribution in [0.25, 0.3) is 0 Å². The fraction of sp³-hybridized carbons (Fsp3) is 0.231. The molecule has 0 aromatic heterocycles. The SMILES string of the molecule is CCOc1ccccc1NS(=O)(=O)c1ccc2c(c1)[C@H]1C=CC[C@H]1[C@@H](c1c(Cl)cccc1Cl)N2. The van der Waals surface area contributed by atoms with Crippen molar-refractivity contribution in [3.63, 3.8) is 0 Å². The van der Waals surface area contributed by atoms with Gasteiger partial charge in [-0.05, 0) is 67.3 Å². The van der Waals surface area contributed by atoms with E-state index in [-0.39, 0.29) is 22.8 Å². The van der Waals surface area contributed by atoms with Crippen LogP contribution in [0.2, 0.25) is 10.0 Å². The molecule has 0 saturated carbocycles. The first-order chi connectivity index (χ1) is 16.4. The summed E-state index contributed by atoms with van der Waals surface area (Å²) < 4.78 is 34.8. The van der Waals surface area contributed by atoms with E-state index in [0.717, 1.165) is 23.2 Å². The van der Waals surface area contributed by atoms with Crippen LogP contribution in [0.5, 0.6) is 5.75 Å². The molecule has 1 aliphatic heterocycles. The van der Waals surface area contributed by atoms with Crippen molar-refractivity contribution >= 4 is 44.6 Å². The Bertz CT molecular complexity index is 1350. The molecule has 0 unspecified atom stereocenters. The van der Waals surface area contributed by atoms with Crippen LogP contribution in [0, 0.1) is 5.92 Å². The van der Waals surface area contributed by atoms with Crippen LogP contribution in [0.15, 0.2) is 77.7 Å². The Morgan fingerprint density at radius 2 is 1.82 bits per heavy atom.